The van der Waals surface area contributed by atoms with Gasteiger partial charge in [0.1, 0.15) is 17.4 Å². The van der Waals surface area contributed by atoms with E-state index in [1.165, 1.54) is 23.8 Å². The average molecular weight is 734 g/mol. The molecule has 2 heterocycles. The molecule has 1 saturated carbocycles. The summed E-state index contributed by atoms with van der Waals surface area (Å²) in [5.74, 6) is 0.350. The third-order valence-corrected chi connectivity index (χ3v) is 11.3. The number of carbonyl (C=O) groups excluding carboxylic acids is 3. The number of amides is 2. The highest BCUT2D eigenvalue weighted by Gasteiger charge is 2.44. The predicted molar refractivity (Wildman–Crippen MR) is 210 cm³/mol. The zero-order valence-corrected chi connectivity index (χ0v) is 32.3. The van der Waals surface area contributed by atoms with Crippen LogP contribution in [0.2, 0.25) is 0 Å². The molecule has 2 aliphatic carbocycles. The normalized spacial score (nSPS) is 21.3. The molecule has 286 valence electrons. The van der Waals surface area contributed by atoms with Crippen LogP contribution in [0.1, 0.15) is 81.9 Å². The Morgan fingerprint density at radius 2 is 1.69 bits per heavy atom. The first-order valence-corrected chi connectivity index (χ1v) is 19.8. The molecule has 0 N–H and O–H groups in total. The summed E-state index contributed by atoms with van der Waals surface area (Å²) in [6, 6.07) is 25.3. The van der Waals surface area contributed by atoms with Crippen molar-refractivity contribution in [2.75, 3.05) is 46.4 Å². The number of carbonyl (C=O) groups is 3. The fourth-order valence-electron chi connectivity index (χ4n) is 8.41. The second-order valence-electron chi connectivity index (χ2n) is 16.3. The van der Waals surface area contributed by atoms with E-state index in [0.717, 1.165) is 74.1 Å². The van der Waals surface area contributed by atoms with Gasteiger partial charge in [-0.25, -0.2) is 4.79 Å². The van der Waals surface area contributed by atoms with E-state index in [-0.39, 0.29) is 36.0 Å². The number of ether oxygens (including phenoxy) is 3. The number of benzene rings is 3. The van der Waals surface area contributed by atoms with Gasteiger partial charge in [0.25, 0.3) is 0 Å². The van der Waals surface area contributed by atoms with Gasteiger partial charge < -0.3 is 24.0 Å². The summed E-state index contributed by atoms with van der Waals surface area (Å²) in [4.78, 5) is 46.3. The molecule has 0 aromatic heterocycles. The first kappa shape index (κ1) is 37.7. The third kappa shape index (κ3) is 8.84. The summed E-state index contributed by atoms with van der Waals surface area (Å²) in [5.41, 5.74) is 6.42. The van der Waals surface area contributed by atoms with Crippen LogP contribution in [-0.2, 0) is 25.5 Å². The highest BCUT2D eigenvalue weighted by Crippen LogP contribution is 2.40. The quantitative estimate of drug-likeness (QED) is 0.139. The Kier molecular flexibility index (Phi) is 11.4. The molecule has 0 spiro atoms. The summed E-state index contributed by atoms with van der Waals surface area (Å²) < 4.78 is 16.8. The third-order valence-electron chi connectivity index (χ3n) is 11.3. The summed E-state index contributed by atoms with van der Waals surface area (Å²) in [7, 11) is 1.45. The summed E-state index contributed by atoms with van der Waals surface area (Å²) in [6.07, 6.45) is 8.20. The van der Waals surface area contributed by atoms with Crippen molar-refractivity contribution in [2.45, 2.75) is 89.3 Å². The van der Waals surface area contributed by atoms with Crippen LogP contribution in [0.15, 0.2) is 78.9 Å². The van der Waals surface area contributed by atoms with E-state index in [1.54, 1.807) is 4.90 Å². The SMILES string of the molecule is COC(=O)C1CCCN1CCCOc1ccc(-c2cccc([C@H]3CCN(C(=O)OC(C)(C)C)C[C@@H]3C(=O)N(CC3=CCc4ccccc43)C3CC3)c2)cc1. The summed E-state index contributed by atoms with van der Waals surface area (Å²) in [6.45, 7) is 9.37. The monoisotopic (exact) mass is 733 g/mol. The number of esters is 1. The fraction of sp³-hybridized carbons (Fsp3) is 0.489. The molecule has 2 saturated heterocycles. The van der Waals surface area contributed by atoms with E-state index in [9.17, 15) is 14.4 Å². The van der Waals surface area contributed by atoms with Crippen molar-refractivity contribution >= 4 is 23.5 Å². The van der Waals surface area contributed by atoms with Gasteiger partial charge in [0.05, 0.1) is 19.6 Å². The largest absolute Gasteiger partial charge is 0.494 e. The van der Waals surface area contributed by atoms with E-state index in [0.29, 0.717) is 32.7 Å². The van der Waals surface area contributed by atoms with Crippen LogP contribution >= 0.6 is 0 Å². The van der Waals surface area contributed by atoms with E-state index in [4.69, 9.17) is 14.2 Å². The molecule has 9 nitrogen and oxygen atoms in total. The number of methoxy groups -OCH3 is 1. The van der Waals surface area contributed by atoms with Gasteiger partial charge >= 0.3 is 12.1 Å². The molecule has 4 aliphatic rings. The van der Waals surface area contributed by atoms with Gasteiger partial charge in [0.2, 0.25) is 5.91 Å². The van der Waals surface area contributed by atoms with Gasteiger partial charge in [-0.15, -0.1) is 0 Å². The number of allylic oxidation sites excluding steroid dienone is 1. The molecule has 0 radical (unpaired) electrons. The molecule has 1 unspecified atom stereocenters. The zero-order valence-electron chi connectivity index (χ0n) is 32.3. The van der Waals surface area contributed by atoms with Crippen LogP contribution in [0.5, 0.6) is 5.75 Å². The van der Waals surface area contributed by atoms with Crippen LogP contribution in [0.3, 0.4) is 0 Å². The van der Waals surface area contributed by atoms with Crippen molar-refractivity contribution in [3.05, 3.63) is 95.6 Å². The molecule has 3 fully saturated rings. The van der Waals surface area contributed by atoms with Crippen molar-refractivity contribution in [3.8, 4) is 16.9 Å². The molecule has 7 rings (SSSR count). The Morgan fingerprint density at radius 3 is 2.44 bits per heavy atom. The van der Waals surface area contributed by atoms with Gasteiger partial charge in [-0.3, -0.25) is 14.5 Å². The van der Waals surface area contributed by atoms with E-state index < -0.39 is 11.5 Å². The second-order valence-corrected chi connectivity index (χ2v) is 16.3. The molecule has 0 bridgehead atoms. The van der Waals surface area contributed by atoms with Gasteiger partial charge in [-0.2, -0.15) is 0 Å². The highest BCUT2D eigenvalue weighted by atomic mass is 16.6. The molecule has 54 heavy (non-hydrogen) atoms. The average Bonchev–Trinajstić information content (AvgIpc) is 3.77. The highest BCUT2D eigenvalue weighted by molar-refractivity contribution is 5.85. The second kappa shape index (κ2) is 16.4. The number of nitrogens with zero attached hydrogens (tertiary/aromatic N) is 3. The molecule has 2 aliphatic heterocycles. The zero-order chi connectivity index (χ0) is 37.8. The Hall–Kier alpha value is -4.63. The maximum Gasteiger partial charge on any atom is 0.410 e. The van der Waals surface area contributed by atoms with Gasteiger partial charge in [0.15, 0.2) is 0 Å². The molecule has 3 atom stereocenters. The number of likely N-dealkylation sites (tertiary alicyclic amines) is 2. The lowest BCUT2D eigenvalue weighted by Gasteiger charge is -2.40. The molecular weight excluding hydrogens is 679 g/mol. The van der Waals surface area contributed by atoms with Gasteiger partial charge in [-0.1, -0.05) is 66.7 Å². The van der Waals surface area contributed by atoms with Crippen LogP contribution in [-0.4, -0.2) is 96.8 Å². The minimum Gasteiger partial charge on any atom is -0.494 e. The Labute approximate surface area is 320 Å². The van der Waals surface area contributed by atoms with Crippen molar-refractivity contribution < 1.29 is 28.6 Å². The minimum absolute atomic E-state index is 0.0424. The van der Waals surface area contributed by atoms with Crippen molar-refractivity contribution in [3.63, 3.8) is 0 Å². The number of fused-ring (bicyclic) bond motifs is 1. The predicted octanol–water partition coefficient (Wildman–Crippen LogP) is 7.73. The lowest BCUT2D eigenvalue weighted by molar-refractivity contribution is -0.146. The van der Waals surface area contributed by atoms with Gasteiger partial charge in [-0.05, 0) is 124 Å². The first-order chi connectivity index (χ1) is 26.1. The topological polar surface area (TPSA) is 88.6 Å². The number of piperidine rings is 1. The first-order valence-electron chi connectivity index (χ1n) is 19.8. The Balaban J connectivity index is 1.05. The Bertz CT molecular complexity index is 1840. The molecule has 3 aromatic carbocycles. The Morgan fingerprint density at radius 1 is 0.889 bits per heavy atom. The van der Waals surface area contributed by atoms with E-state index >= 15 is 0 Å². The molecule has 3 aromatic rings. The fourth-order valence-corrected chi connectivity index (χ4v) is 8.41. The molecule has 9 heteroatoms. The standard InChI is InChI=1S/C45H55N3O6/c1-45(2,3)54-44(51)47-26-23-39(40(30-47)42(49)48(36-19-20-36)29-35-16-15-32-10-5-6-13-38(32)35)34-12-7-11-33(28-34)31-17-21-37(22-18-31)53-27-9-25-46-24-8-14-41(46)43(50)52-4/h5-7,10-13,16-18,21-22,28,36,39-41H,8-9,14-15,19-20,23-27,29-30H2,1-4H3/t39-,40+,41?/m1/s1. The van der Waals surface area contributed by atoms with Crippen molar-refractivity contribution in [1.29, 1.82) is 0 Å². The van der Waals surface area contributed by atoms with E-state index in [2.05, 4.69) is 76.5 Å². The molecule has 2 amide bonds. The summed E-state index contributed by atoms with van der Waals surface area (Å²) >= 11 is 0. The maximum atomic E-state index is 14.8. The van der Waals surface area contributed by atoms with Crippen LogP contribution in [0.25, 0.3) is 16.7 Å². The van der Waals surface area contributed by atoms with Crippen LogP contribution in [0, 0.1) is 5.92 Å². The summed E-state index contributed by atoms with van der Waals surface area (Å²) in [5, 5.41) is 0. The maximum absolute atomic E-state index is 14.8. The van der Waals surface area contributed by atoms with Gasteiger partial charge in [0, 0.05) is 32.2 Å². The van der Waals surface area contributed by atoms with Crippen LogP contribution < -0.4 is 4.74 Å². The minimum atomic E-state index is -0.617. The number of rotatable bonds is 12. The van der Waals surface area contributed by atoms with Crippen molar-refractivity contribution in [1.82, 2.24) is 14.7 Å². The lowest BCUT2D eigenvalue weighted by Crippen LogP contribution is -2.51. The lowest BCUT2D eigenvalue weighted by atomic mass is 9.79. The number of hydrogen-bond acceptors (Lipinski definition) is 7. The molecular formula is C45H55N3O6. The smallest absolute Gasteiger partial charge is 0.410 e. The van der Waals surface area contributed by atoms with Crippen LogP contribution in [0.4, 0.5) is 4.79 Å². The van der Waals surface area contributed by atoms with Crippen molar-refractivity contribution in [2.24, 2.45) is 5.92 Å². The van der Waals surface area contributed by atoms with E-state index in [1.807, 2.05) is 32.9 Å². The number of hydrogen-bond donors (Lipinski definition) is 0.